The van der Waals surface area contributed by atoms with Crippen molar-refractivity contribution in [3.05, 3.63) is 72.9 Å². The average Bonchev–Trinajstić information content (AvgIpc) is 3.45. The molecule has 4 heterocycles. The van der Waals surface area contributed by atoms with Crippen LogP contribution in [-0.2, 0) is 11.3 Å². The minimum atomic E-state index is 0.223. The highest BCUT2D eigenvalue weighted by molar-refractivity contribution is 5.80. The van der Waals surface area contributed by atoms with Crippen molar-refractivity contribution in [2.75, 3.05) is 18.5 Å². The Balaban J connectivity index is 1.48. The van der Waals surface area contributed by atoms with Gasteiger partial charge in [0.05, 0.1) is 18.0 Å². The smallest absolute Gasteiger partial charge is 0.157 e. The lowest BCUT2D eigenvalue weighted by atomic mass is 10.1. The summed E-state index contributed by atoms with van der Waals surface area (Å²) in [4.78, 5) is 13.4. The van der Waals surface area contributed by atoms with Crippen LogP contribution < -0.4 is 10.1 Å². The van der Waals surface area contributed by atoms with Gasteiger partial charge >= 0.3 is 0 Å². The Bertz CT molecular complexity index is 1120. The molecule has 0 amide bonds. The maximum atomic E-state index is 6.13. The van der Waals surface area contributed by atoms with Crippen molar-refractivity contribution in [1.29, 1.82) is 0 Å². The zero-order valence-corrected chi connectivity index (χ0v) is 16.6. The average molecular weight is 401 g/mol. The molecule has 0 aliphatic carbocycles. The summed E-state index contributed by atoms with van der Waals surface area (Å²) < 4.78 is 13.9. The van der Waals surface area contributed by atoms with Crippen LogP contribution in [0.5, 0.6) is 5.75 Å². The van der Waals surface area contributed by atoms with E-state index < -0.39 is 0 Å². The molecule has 5 rings (SSSR count). The number of hydrogen-bond donors (Lipinski definition) is 1. The van der Waals surface area contributed by atoms with Crippen molar-refractivity contribution in [3.63, 3.8) is 0 Å². The van der Waals surface area contributed by atoms with E-state index in [1.54, 1.807) is 18.6 Å². The van der Waals surface area contributed by atoms with Crippen LogP contribution in [0.15, 0.2) is 67.3 Å². The first-order valence-electron chi connectivity index (χ1n) is 10.2. The molecule has 1 aliphatic rings. The Morgan fingerprint density at radius 3 is 2.93 bits per heavy atom. The SMILES string of the molecule is c1ccc(COc2ccccc2-c2nc3cnccn3c2NCC2CCCO2)nc1. The van der Waals surface area contributed by atoms with Gasteiger partial charge in [0.15, 0.2) is 5.65 Å². The monoisotopic (exact) mass is 401 g/mol. The number of para-hydroxylation sites is 1. The number of anilines is 1. The fourth-order valence-corrected chi connectivity index (χ4v) is 3.70. The van der Waals surface area contributed by atoms with Crippen LogP contribution in [0.4, 0.5) is 5.82 Å². The summed E-state index contributed by atoms with van der Waals surface area (Å²) in [5.74, 6) is 1.68. The first-order valence-corrected chi connectivity index (χ1v) is 10.2. The minimum Gasteiger partial charge on any atom is -0.487 e. The zero-order valence-electron chi connectivity index (χ0n) is 16.6. The van der Waals surface area contributed by atoms with Crippen LogP contribution in [0.25, 0.3) is 16.9 Å². The highest BCUT2D eigenvalue weighted by atomic mass is 16.5. The fourth-order valence-electron chi connectivity index (χ4n) is 3.70. The Morgan fingerprint density at radius 1 is 1.13 bits per heavy atom. The molecule has 1 atom stereocenters. The van der Waals surface area contributed by atoms with E-state index in [0.717, 1.165) is 60.2 Å². The lowest BCUT2D eigenvalue weighted by Crippen LogP contribution is -2.19. The van der Waals surface area contributed by atoms with Gasteiger partial charge in [0, 0.05) is 37.3 Å². The second kappa shape index (κ2) is 8.51. The molecule has 4 aromatic rings. The van der Waals surface area contributed by atoms with E-state index in [9.17, 15) is 0 Å². The van der Waals surface area contributed by atoms with Gasteiger partial charge < -0.3 is 14.8 Å². The first-order chi connectivity index (χ1) is 14.9. The number of pyridine rings is 1. The van der Waals surface area contributed by atoms with E-state index in [-0.39, 0.29) is 6.10 Å². The van der Waals surface area contributed by atoms with Gasteiger partial charge in [-0.05, 0) is 37.1 Å². The maximum Gasteiger partial charge on any atom is 0.157 e. The molecule has 1 fully saturated rings. The second-order valence-electron chi connectivity index (χ2n) is 7.24. The lowest BCUT2D eigenvalue weighted by molar-refractivity contribution is 0.120. The number of fused-ring (bicyclic) bond motifs is 1. The Kier molecular flexibility index (Phi) is 5.26. The zero-order chi connectivity index (χ0) is 20.2. The van der Waals surface area contributed by atoms with Gasteiger partial charge in [0.25, 0.3) is 0 Å². The van der Waals surface area contributed by atoms with Crippen LogP contribution in [0, 0.1) is 0 Å². The van der Waals surface area contributed by atoms with Crippen molar-refractivity contribution >= 4 is 11.5 Å². The molecular formula is C23H23N5O2. The number of hydrogen-bond acceptors (Lipinski definition) is 6. The fraction of sp³-hybridized carbons (Fsp3) is 0.261. The maximum absolute atomic E-state index is 6.13. The molecule has 30 heavy (non-hydrogen) atoms. The molecule has 1 aliphatic heterocycles. The molecule has 0 spiro atoms. The van der Waals surface area contributed by atoms with Crippen LogP contribution in [0.1, 0.15) is 18.5 Å². The topological polar surface area (TPSA) is 73.6 Å². The molecule has 1 unspecified atom stereocenters. The summed E-state index contributed by atoms with van der Waals surface area (Å²) in [6, 6.07) is 13.8. The molecular weight excluding hydrogens is 378 g/mol. The van der Waals surface area contributed by atoms with Crippen molar-refractivity contribution in [3.8, 4) is 17.0 Å². The highest BCUT2D eigenvalue weighted by Gasteiger charge is 2.20. The van der Waals surface area contributed by atoms with Gasteiger partial charge in [-0.25, -0.2) is 4.98 Å². The first kappa shape index (κ1) is 18.6. The van der Waals surface area contributed by atoms with Gasteiger partial charge in [-0.3, -0.25) is 14.4 Å². The van der Waals surface area contributed by atoms with Crippen LogP contribution in [-0.4, -0.2) is 38.6 Å². The van der Waals surface area contributed by atoms with Gasteiger partial charge in [-0.1, -0.05) is 18.2 Å². The molecule has 0 saturated carbocycles. The molecule has 1 N–H and O–H groups in total. The number of benzene rings is 1. The summed E-state index contributed by atoms with van der Waals surface area (Å²) in [5.41, 5.74) is 3.41. The standard InChI is InChI=1S/C23H23N5O2/c1-2-9-20(30-16-17-6-3-4-10-25-17)19(8-1)22-23(26-14-18-7-5-13-29-18)28-12-11-24-15-21(28)27-22/h1-4,6,8-12,15,18,26H,5,7,13-14,16H2. The minimum absolute atomic E-state index is 0.223. The molecule has 7 nitrogen and oxygen atoms in total. The van der Waals surface area contributed by atoms with E-state index in [4.69, 9.17) is 14.5 Å². The molecule has 1 saturated heterocycles. The van der Waals surface area contributed by atoms with Gasteiger partial charge in [-0.15, -0.1) is 0 Å². The van der Waals surface area contributed by atoms with Crippen LogP contribution in [0.3, 0.4) is 0 Å². The lowest BCUT2D eigenvalue weighted by Gasteiger charge is -2.15. The Labute approximate surface area is 174 Å². The molecule has 0 radical (unpaired) electrons. The molecule has 152 valence electrons. The highest BCUT2D eigenvalue weighted by Crippen LogP contribution is 2.35. The summed E-state index contributed by atoms with van der Waals surface area (Å²) >= 11 is 0. The van der Waals surface area contributed by atoms with Gasteiger partial charge in [-0.2, -0.15) is 0 Å². The van der Waals surface area contributed by atoms with E-state index >= 15 is 0 Å². The number of imidazole rings is 1. The summed E-state index contributed by atoms with van der Waals surface area (Å²) in [6.45, 7) is 1.96. The van der Waals surface area contributed by atoms with Crippen molar-refractivity contribution in [2.24, 2.45) is 0 Å². The quantitative estimate of drug-likeness (QED) is 0.505. The number of nitrogens with one attached hydrogen (secondary N) is 1. The van der Waals surface area contributed by atoms with Crippen LogP contribution in [0.2, 0.25) is 0 Å². The predicted octanol–water partition coefficient (Wildman–Crippen LogP) is 3.96. The van der Waals surface area contributed by atoms with Crippen molar-refractivity contribution in [1.82, 2.24) is 19.4 Å². The largest absolute Gasteiger partial charge is 0.487 e. The van der Waals surface area contributed by atoms with Crippen molar-refractivity contribution in [2.45, 2.75) is 25.6 Å². The predicted molar refractivity (Wildman–Crippen MR) is 114 cm³/mol. The summed E-state index contributed by atoms with van der Waals surface area (Å²) in [5, 5.41) is 3.56. The van der Waals surface area contributed by atoms with E-state index in [1.807, 2.05) is 53.1 Å². The molecule has 7 heteroatoms. The van der Waals surface area contributed by atoms with E-state index in [2.05, 4.69) is 15.3 Å². The third-order valence-electron chi connectivity index (χ3n) is 5.20. The summed E-state index contributed by atoms with van der Waals surface area (Å²) in [7, 11) is 0. The van der Waals surface area contributed by atoms with E-state index in [0.29, 0.717) is 6.61 Å². The Morgan fingerprint density at radius 2 is 2.07 bits per heavy atom. The Hall–Kier alpha value is -3.45. The number of aromatic nitrogens is 4. The third-order valence-corrected chi connectivity index (χ3v) is 5.20. The van der Waals surface area contributed by atoms with E-state index in [1.165, 1.54) is 0 Å². The number of ether oxygens (including phenoxy) is 2. The third kappa shape index (κ3) is 3.84. The summed E-state index contributed by atoms with van der Waals surface area (Å²) in [6.07, 6.45) is 9.62. The molecule has 0 bridgehead atoms. The molecule has 3 aromatic heterocycles. The van der Waals surface area contributed by atoms with Crippen LogP contribution >= 0.6 is 0 Å². The molecule has 1 aromatic carbocycles. The van der Waals surface area contributed by atoms with Crippen molar-refractivity contribution < 1.29 is 9.47 Å². The van der Waals surface area contributed by atoms with Gasteiger partial charge in [0.2, 0.25) is 0 Å². The normalized spacial score (nSPS) is 16.1. The number of rotatable bonds is 7. The second-order valence-corrected chi connectivity index (χ2v) is 7.24. The van der Waals surface area contributed by atoms with Gasteiger partial charge in [0.1, 0.15) is 23.9 Å². The number of nitrogens with zero attached hydrogens (tertiary/aromatic N) is 4.